The number of halogens is 1. The number of carbonyl (C=O) groups excluding carboxylic acids is 2. The van der Waals surface area contributed by atoms with Crippen molar-refractivity contribution in [1.82, 2.24) is 9.88 Å². The fourth-order valence-corrected chi connectivity index (χ4v) is 4.28. The van der Waals surface area contributed by atoms with Crippen molar-refractivity contribution in [3.05, 3.63) is 52.3 Å². The minimum atomic E-state index is -0.607. The van der Waals surface area contributed by atoms with Crippen LogP contribution in [-0.4, -0.2) is 40.2 Å². The lowest BCUT2D eigenvalue weighted by molar-refractivity contribution is -0.384. The molecule has 9 heteroatoms. The van der Waals surface area contributed by atoms with Crippen LogP contribution in [0.2, 0.25) is 0 Å². The number of nitro groups is 1. The second-order valence-electron chi connectivity index (χ2n) is 7.55. The number of urea groups is 1. The molecule has 2 atom stereocenters. The monoisotopic (exact) mass is 398 g/mol. The number of pyridine rings is 1. The highest BCUT2D eigenvalue weighted by Crippen LogP contribution is 2.41. The highest BCUT2D eigenvalue weighted by molar-refractivity contribution is 5.91. The van der Waals surface area contributed by atoms with Gasteiger partial charge in [0.15, 0.2) is 0 Å². The van der Waals surface area contributed by atoms with E-state index in [0.717, 1.165) is 19.1 Å². The Bertz CT molecular complexity index is 951. The Labute approximate surface area is 165 Å². The summed E-state index contributed by atoms with van der Waals surface area (Å²) in [6, 6.07) is 7.85. The van der Waals surface area contributed by atoms with Crippen molar-refractivity contribution in [2.45, 2.75) is 12.8 Å². The molecule has 2 unspecified atom stereocenters. The van der Waals surface area contributed by atoms with Gasteiger partial charge in [0, 0.05) is 30.6 Å². The van der Waals surface area contributed by atoms with E-state index in [-0.39, 0.29) is 29.3 Å². The minimum Gasteiger partial charge on any atom is -0.324 e. The van der Waals surface area contributed by atoms with Gasteiger partial charge in [0.1, 0.15) is 12.1 Å². The van der Waals surface area contributed by atoms with Crippen molar-refractivity contribution in [1.29, 1.82) is 0 Å². The second-order valence-corrected chi connectivity index (χ2v) is 7.55. The van der Waals surface area contributed by atoms with E-state index < -0.39 is 16.8 Å². The number of carbonyl (C=O) groups is 2. The molecule has 2 aliphatic rings. The number of aldehydes is 1. The number of likely N-dealkylation sites (tertiary alicyclic amines) is 1. The van der Waals surface area contributed by atoms with E-state index in [0.29, 0.717) is 24.3 Å². The van der Waals surface area contributed by atoms with Crippen LogP contribution in [-0.2, 0) is 4.79 Å². The van der Waals surface area contributed by atoms with Crippen LogP contribution in [0.25, 0.3) is 11.3 Å². The third kappa shape index (κ3) is 3.80. The lowest BCUT2D eigenvalue weighted by Crippen LogP contribution is -2.34. The topological polar surface area (TPSA) is 105 Å². The molecule has 29 heavy (non-hydrogen) atoms. The maximum Gasteiger partial charge on any atom is 0.323 e. The van der Waals surface area contributed by atoms with Crippen molar-refractivity contribution in [2.75, 3.05) is 18.4 Å². The highest BCUT2D eigenvalue weighted by atomic mass is 19.1. The molecule has 2 amide bonds. The molecule has 2 aromatic rings. The number of rotatable bonds is 4. The lowest BCUT2D eigenvalue weighted by atomic mass is 10.0. The average Bonchev–Trinajstić information content (AvgIpc) is 3.27. The maximum absolute atomic E-state index is 13.1. The third-order valence-electron chi connectivity index (χ3n) is 5.70. The van der Waals surface area contributed by atoms with E-state index in [4.69, 9.17) is 0 Å². The first kappa shape index (κ1) is 19.0. The van der Waals surface area contributed by atoms with Crippen LogP contribution in [0.15, 0.2) is 36.4 Å². The molecule has 2 heterocycles. The SMILES string of the molecule is O=CC1CC2CN(C(=O)Nc3nc(-c4ccc(F)cc4)ccc3[N+](=O)[O-])CC2C1. The van der Waals surface area contributed by atoms with Crippen LogP contribution in [0.5, 0.6) is 0 Å². The highest BCUT2D eigenvalue weighted by Gasteiger charge is 2.42. The van der Waals surface area contributed by atoms with Gasteiger partial charge in [0.05, 0.1) is 10.6 Å². The number of nitrogens with one attached hydrogen (secondary N) is 1. The summed E-state index contributed by atoms with van der Waals surface area (Å²) in [5, 5.41) is 13.9. The molecular formula is C20H19FN4O4. The summed E-state index contributed by atoms with van der Waals surface area (Å²) in [6.07, 6.45) is 2.53. The van der Waals surface area contributed by atoms with Gasteiger partial charge in [-0.05, 0) is 55.0 Å². The summed E-state index contributed by atoms with van der Waals surface area (Å²) in [7, 11) is 0. The van der Waals surface area contributed by atoms with Crippen LogP contribution in [0, 0.1) is 33.7 Å². The molecule has 1 aromatic carbocycles. The third-order valence-corrected chi connectivity index (χ3v) is 5.70. The molecular weight excluding hydrogens is 379 g/mol. The fourth-order valence-electron chi connectivity index (χ4n) is 4.28. The second kappa shape index (κ2) is 7.57. The lowest BCUT2D eigenvalue weighted by Gasteiger charge is -2.18. The number of benzene rings is 1. The Morgan fingerprint density at radius 1 is 1.17 bits per heavy atom. The van der Waals surface area contributed by atoms with Gasteiger partial charge in [-0.15, -0.1) is 0 Å². The van der Waals surface area contributed by atoms with Gasteiger partial charge in [-0.1, -0.05) is 0 Å². The Hall–Kier alpha value is -3.36. The molecule has 8 nitrogen and oxygen atoms in total. The van der Waals surface area contributed by atoms with Crippen LogP contribution in [0.1, 0.15) is 12.8 Å². The molecule has 1 saturated carbocycles. The van der Waals surface area contributed by atoms with E-state index in [1.54, 1.807) is 4.90 Å². The van der Waals surface area contributed by atoms with Crippen molar-refractivity contribution >= 4 is 23.8 Å². The number of anilines is 1. The predicted molar refractivity (Wildman–Crippen MR) is 103 cm³/mol. The Kier molecular flexibility index (Phi) is 4.96. The van der Waals surface area contributed by atoms with Gasteiger partial charge in [-0.2, -0.15) is 0 Å². The van der Waals surface area contributed by atoms with Crippen molar-refractivity contribution < 1.29 is 18.9 Å². The van der Waals surface area contributed by atoms with Crippen LogP contribution < -0.4 is 5.32 Å². The van der Waals surface area contributed by atoms with E-state index >= 15 is 0 Å². The number of nitrogens with zero attached hydrogens (tertiary/aromatic N) is 3. The van der Waals surface area contributed by atoms with Crippen LogP contribution >= 0.6 is 0 Å². The molecule has 0 spiro atoms. The largest absolute Gasteiger partial charge is 0.324 e. The molecule has 1 aliphatic heterocycles. The summed E-state index contributed by atoms with van der Waals surface area (Å²) >= 11 is 0. The number of fused-ring (bicyclic) bond motifs is 1. The fraction of sp³-hybridized carbons (Fsp3) is 0.350. The zero-order valence-corrected chi connectivity index (χ0v) is 15.5. The number of amides is 2. The molecule has 2 fully saturated rings. The summed E-state index contributed by atoms with van der Waals surface area (Å²) < 4.78 is 13.1. The Morgan fingerprint density at radius 3 is 2.41 bits per heavy atom. The summed E-state index contributed by atoms with van der Waals surface area (Å²) in [5.74, 6) is 0.0736. The van der Waals surface area contributed by atoms with E-state index in [9.17, 15) is 24.1 Å². The quantitative estimate of drug-likeness (QED) is 0.482. The van der Waals surface area contributed by atoms with Gasteiger partial charge in [0.25, 0.3) is 0 Å². The first-order valence-corrected chi connectivity index (χ1v) is 9.37. The first-order valence-electron chi connectivity index (χ1n) is 9.37. The van der Waals surface area contributed by atoms with E-state index in [2.05, 4.69) is 10.3 Å². The van der Waals surface area contributed by atoms with Gasteiger partial charge in [-0.3, -0.25) is 15.4 Å². The maximum atomic E-state index is 13.1. The molecule has 1 saturated heterocycles. The van der Waals surface area contributed by atoms with Crippen molar-refractivity contribution in [3.63, 3.8) is 0 Å². The van der Waals surface area contributed by atoms with Crippen molar-refractivity contribution in [2.24, 2.45) is 17.8 Å². The van der Waals surface area contributed by atoms with E-state index in [1.165, 1.54) is 36.4 Å². The molecule has 0 radical (unpaired) electrons. The standard InChI is InChI=1S/C20H19FN4O4/c21-16-3-1-13(2-4-16)17-5-6-18(25(28)29)19(22-17)23-20(27)24-9-14-7-12(11-26)8-15(14)10-24/h1-6,11-12,14-15H,7-10H2,(H,22,23,27). The predicted octanol–water partition coefficient (Wildman–Crippen LogP) is 3.48. The number of aromatic nitrogens is 1. The molecule has 150 valence electrons. The van der Waals surface area contributed by atoms with Crippen LogP contribution in [0.4, 0.5) is 20.7 Å². The molecule has 1 aromatic heterocycles. The molecule has 4 rings (SSSR count). The van der Waals surface area contributed by atoms with Gasteiger partial charge in [-0.25, -0.2) is 14.2 Å². The van der Waals surface area contributed by atoms with E-state index in [1.807, 2.05) is 0 Å². The minimum absolute atomic E-state index is 0.0605. The smallest absolute Gasteiger partial charge is 0.323 e. The molecule has 1 N–H and O–H groups in total. The van der Waals surface area contributed by atoms with Gasteiger partial charge in [0.2, 0.25) is 5.82 Å². The zero-order chi connectivity index (χ0) is 20.5. The Morgan fingerprint density at radius 2 is 1.83 bits per heavy atom. The molecule has 1 aliphatic carbocycles. The summed E-state index contributed by atoms with van der Waals surface area (Å²) in [4.78, 5) is 40.3. The first-order chi connectivity index (χ1) is 13.9. The zero-order valence-electron chi connectivity index (χ0n) is 15.5. The summed E-state index contributed by atoms with van der Waals surface area (Å²) in [6.45, 7) is 1.04. The number of hydrogen-bond acceptors (Lipinski definition) is 5. The molecule has 0 bridgehead atoms. The summed E-state index contributed by atoms with van der Waals surface area (Å²) in [5.41, 5.74) is 0.648. The van der Waals surface area contributed by atoms with Gasteiger partial charge >= 0.3 is 11.7 Å². The van der Waals surface area contributed by atoms with Gasteiger partial charge < -0.3 is 9.69 Å². The van der Waals surface area contributed by atoms with Crippen molar-refractivity contribution in [3.8, 4) is 11.3 Å². The average molecular weight is 398 g/mol. The Balaban J connectivity index is 1.53. The normalized spacial score (nSPS) is 22.9. The van der Waals surface area contributed by atoms with Crippen LogP contribution in [0.3, 0.4) is 0 Å². The number of hydrogen-bond donors (Lipinski definition) is 1.